The van der Waals surface area contributed by atoms with E-state index < -0.39 is 11.3 Å². The standard InChI is InChI=1S/C18H27ClN2O4/c1-6-7-8-9-20-16(22)18(2,3)17(23)21-13-11-14(24-4)12(19)10-15(13)25-5/h10-11H,6-9H2,1-5H3,(H,20,22)(H,21,23). The minimum atomic E-state index is -1.23. The first kappa shape index (κ1) is 21.1. The second-order valence-corrected chi connectivity index (χ2v) is 6.64. The summed E-state index contributed by atoms with van der Waals surface area (Å²) in [5.41, 5.74) is -0.843. The molecule has 25 heavy (non-hydrogen) atoms. The Bertz CT molecular complexity index is 617. The fourth-order valence-corrected chi connectivity index (χ4v) is 2.37. The molecule has 1 rings (SSSR count). The number of nitrogens with one attached hydrogen (secondary N) is 2. The van der Waals surface area contributed by atoms with Gasteiger partial charge in [-0.3, -0.25) is 9.59 Å². The first-order chi connectivity index (χ1) is 11.8. The average Bonchev–Trinajstić information content (AvgIpc) is 2.59. The maximum atomic E-state index is 12.6. The van der Waals surface area contributed by atoms with Gasteiger partial charge in [-0.05, 0) is 20.3 Å². The van der Waals surface area contributed by atoms with Crippen LogP contribution in [0.25, 0.3) is 0 Å². The summed E-state index contributed by atoms with van der Waals surface area (Å²) in [5.74, 6) is 0.0297. The number of amides is 2. The summed E-state index contributed by atoms with van der Waals surface area (Å²) < 4.78 is 10.4. The Balaban J connectivity index is 2.87. The number of carbonyl (C=O) groups excluding carboxylic acids is 2. The van der Waals surface area contributed by atoms with Crippen molar-refractivity contribution in [3.8, 4) is 11.5 Å². The first-order valence-corrected chi connectivity index (χ1v) is 8.67. The lowest BCUT2D eigenvalue weighted by atomic mass is 9.90. The summed E-state index contributed by atoms with van der Waals surface area (Å²) in [6.07, 6.45) is 2.99. The summed E-state index contributed by atoms with van der Waals surface area (Å²) in [7, 11) is 2.95. The number of methoxy groups -OCH3 is 2. The van der Waals surface area contributed by atoms with Gasteiger partial charge < -0.3 is 20.1 Å². The van der Waals surface area contributed by atoms with Crippen LogP contribution in [0.1, 0.15) is 40.0 Å². The summed E-state index contributed by atoms with van der Waals surface area (Å²) in [5, 5.41) is 5.90. The van der Waals surface area contributed by atoms with Crippen molar-refractivity contribution in [2.75, 3.05) is 26.1 Å². The molecule has 0 aliphatic heterocycles. The van der Waals surface area contributed by atoms with Crippen LogP contribution in [0.5, 0.6) is 11.5 Å². The third kappa shape index (κ3) is 5.53. The van der Waals surface area contributed by atoms with Gasteiger partial charge in [-0.15, -0.1) is 0 Å². The van der Waals surface area contributed by atoms with E-state index in [1.54, 1.807) is 26.0 Å². The van der Waals surface area contributed by atoms with Gasteiger partial charge in [0.05, 0.1) is 24.9 Å². The molecule has 1 aromatic carbocycles. The highest BCUT2D eigenvalue weighted by Gasteiger charge is 2.36. The Hall–Kier alpha value is -1.95. The number of halogens is 1. The number of rotatable bonds is 9. The average molecular weight is 371 g/mol. The largest absolute Gasteiger partial charge is 0.495 e. The Labute approximate surface area is 154 Å². The summed E-state index contributed by atoms with van der Waals surface area (Å²) >= 11 is 6.06. The molecule has 0 fully saturated rings. The second kappa shape index (κ2) is 9.51. The molecule has 0 unspecified atom stereocenters. The van der Waals surface area contributed by atoms with E-state index in [-0.39, 0.29) is 5.91 Å². The van der Waals surface area contributed by atoms with E-state index >= 15 is 0 Å². The number of unbranched alkanes of at least 4 members (excludes halogenated alkanes) is 2. The van der Waals surface area contributed by atoms with Crippen molar-refractivity contribution >= 4 is 29.1 Å². The molecule has 2 amide bonds. The van der Waals surface area contributed by atoms with E-state index in [0.29, 0.717) is 28.8 Å². The van der Waals surface area contributed by atoms with E-state index in [9.17, 15) is 9.59 Å². The van der Waals surface area contributed by atoms with Crippen molar-refractivity contribution in [3.05, 3.63) is 17.2 Å². The van der Waals surface area contributed by atoms with E-state index in [1.807, 2.05) is 0 Å². The topological polar surface area (TPSA) is 76.7 Å². The van der Waals surface area contributed by atoms with Crippen molar-refractivity contribution in [1.82, 2.24) is 5.32 Å². The molecule has 0 aliphatic carbocycles. The van der Waals surface area contributed by atoms with Crippen LogP contribution in [0, 0.1) is 5.41 Å². The molecule has 140 valence electrons. The number of carbonyl (C=O) groups is 2. The normalized spacial score (nSPS) is 11.0. The fraction of sp³-hybridized carbons (Fsp3) is 0.556. The van der Waals surface area contributed by atoms with Crippen LogP contribution >= 0.6 is 11.6 Å². The number of ether oxygens (including phenoxy) is 2. The SMILES string of the molecule is CCCCCNC(=O)C(C)(C)C(=O)Nc1cc(OC)c(Cl)cc1OC. The zero-order valence-electron chi connectivity index (χ0n) is 15.5. The number of anilines is 1. The van der Waals surface area contributed by atoms with Gasteiger partial charge in [0.15, 0.2) is 0 Å². The predicted molar refractivity (Wildman–Crippen MR) is 99.5 cm³/mol. The zero-order valence-corrected chi connectivity index (χ0v) is 16.3. The maximum absolute atomic E-state index is 12.6. The highest BCUT2D eigenvalue weighted by molar-refractivity contribution is 6.32. The minimum Gasteiger partial charge on any atom is -0.495 e. The van der Waals surface area contributed by atoms with Gasteiger partial charge in [0.25, 0.3) is 0 Å². The van der Waals surface area contributed by atoms with Crippen LogP contribution in [-0.4, -0.2) is 32.6 Å². The molecule has 2 N–H and O–H groups in total. The van der Waals surface area contributed by atoms with Gasteiger partial charge in [-0.25, -0.2) is 0 Å². The quantitative estimate of drug-likeness (QED) is 0.514. The fourth-order valence-electron chi connectivity index (χ4n) is 2.14. The van der Waals surface area contributed by atoms with Crippen LogP contribution in [-0.2, 0) is 9.59 Å². The number of benzene rings is 1. The Morgan fingerprint density at radius 2 is 1.72 bits per heavy atom. The molecule has 0 bridgehead atoms. The molecule has 0 radical (unpaired) electrons. The van der Waals surface area contributed by atoms with Gasteiger partial charge in [0, 0.05) is 18.7 Å². The lowest BCUT2D eigenvalue weighted by Gasteiger charge is -2.23. The van der Waals surface area contributed by atoms with Crippen molar-refractivity contribution in [2.24, 2.45) is 5.41 Å². The molecule has 0 saturated heterocycles. The van der Waals surface area contributed by atoms with Crippen LogP contribution < -0.4 is 20.1 Å². The maximum Gasteiger partial charge on any atom is 0.239 e. The van der Waals surface area contributed by atoms with Gasteiger partial charge >= 0.3 is 0 Å². The molecule has 1 aromatic rings. The van der Waals surface area contributed by atoms with Crippen molar-refractivity contribution in [2.45, 2.75) is 40.0 Å². The van der Waals surface area contributed by atoms with Crippen LogP contribution in [0.3, 0.4) is 0 Å². The van der Waals surface area contributed by atoms with E-state index in [1.165, 1.54) is 14.2 Å². The molecule has 0 aromatic heterocycles. The van der Waals surface area contributed by atoms with Crippen molar-refractivity contribution < 1.29 is 19.1 Å². The molecule has 0 heterocycles. The Kier molecular flexibility index (Phi) is 8.03. The first-order valence-electron chi connectivity index (χ1n) is 8.29. The number of hydrogen-bond donors (Lipinski definition) is 2. The molecule has 0 saturated carbocycles. The van der Waals surface area contributed by atoms with Crippen LogP contribution in [0.2, 0.25) is 5.02 Å². The summed E-state index contributed by atoms with van der Waals surface area (Å²) in [6.45, 7) is 5.81. The van der Waals surface area contributed by atoms with Crippen LogP contribution in [0.15, 0.2) is 12.1 Å². The third-order valence-electron chi connectivity index (χ3n) is 3.92. The molecule has 0 aliphatic rings. The molecule has 0 atom stereocenters. The Morgan fingerprint density at radius 3 is 2.28 bits per heavy atom. The van der Waals surface area contributed by atoms with Gasteiger partial charge in [-0.1, -0.05) is 31.4 Å². The smallest absolute Gasteiger partial charge is 0.239 e. The summed E-state index contributed by atoms with van der Waals surface area (Å²) in [6, 6.07) is 3.11. The van der Waals surface area contributed by atoms with Gasteiger partial charge in [0.2, 0.25) is 11.8 Å². The molecule has 6 nitrogen and oxygen atoms in total. The monoisotopic (exact) mass is 370 g/mol. The highest BCUT2D eigenvalue weighted by atomic mass is 35.5. The molecule has 0 spiro atoms. The van der Waals surface area contributed by atoms with E-state index in [2.05, 4.69) is 17.6 Å². The highest BCUT2D eigenvalue weighted by Crippen LogP contribution is 2.36. The minimum absolute atomic E-state index is 0.319. The zero-order chi connectivity index (χ0) is 19.0. The van der Waals surface area contributed by atoms with Crippen LogP contribution in [0.4, 0.5) is 5.69 Å². The van der Waals surface area contributed by atoms with Gasteiger partial charge in [0.1, 0.15) is 16.9 Å². The second-order valence-electron chi connectivity index (χ2n) is 6.23. The molecular weight excluding hydrogens is 344 g/mol. The van der Waals surface area contributed by atoms with Gasteiger partial charge in [-0.2, -0.15) is 0 Å². The van der Waals surface area contributed by atoms with E-state index in [4.69, 9.17) is 21.1 Å². The lowest BCUT2D eigenvalue weighted by Crippen LogP contribution is -2.45. The molecular formula is C18H27ClN2O4. The van der Waals surface area contributed by atoms with Crippen molar-refractivity contribution in [1.29, 1.82) is 0 Å². The van der Waals surface area contributed by atoms with Crippen molar-refractivity contribution in [3.63, 3.8) is 0 Å². The Morgan fingerprint density at radius 1 is 1.08 bits per heavy atom. The summed E-state index contributed by atoms with van der Waals surface area (Å²) in [4.78, 5) is 25.0. The predicted octanol–water partition coefficient (Wildman–Crippen LogP) is 3.63. The lowest BCUT2D eigenvalue weighted by molar-refractivity contribution is -0.138. The third-order valence-corrected chi connectivity index (χ3v) is 4.22. The molecule has 7 heteroatoms. The van der Waals surface area contributed by atoms with E-state index in [0.717, 1.165) is 19.3 Å². The number of hydrogen-bond acceptors (Lipinski definition) is 4.